The first-order valence-electron chi connectivity index (χ1n) is 18.9. The lowest BCUT2D eigenvalue weighted by Gasteiger charge is -2.47. The summed E-state index contributed by atoms with van der Waals surface area (Å²) in [6, 6.07) is 51.1. The number of rotatable bonds is 17. The van der Waals surface area contributed by atoms with Gasteiger partial charge in [0.25, 0.3) is 8.32 Å². The molecule has 0 spiro atoms. The van der Waals surface area contributed by atoms with Crippen LogP contribution in [0.1, 0.15) is 43.9 Å². The zero-order valence-corrected chi connectivity index (χ0v) is 32.8. The molecule has 1 heterocycles. The maximum absolute atomic E-state index is 12.2. The molecule has 0 saturated carbocycles. The van der Waals surface area contributed by atoms with E-state index >= 15 is 0 Å². The molecule has 0 aromatic heterocycles. The molecule has 1 aliphatic heterocycles. The number of ether oxygens (including phenoxy) is 5. The van der Waals surface area contributed by atoms with E-state index in [-0.39, 0.29) is 5.04 Å². The molecule has 54 heavy (non-hydrogen) atoms. The van der Waals surface area contributed by atoms with Gasteiger partial charge < -0.3 is 33.2 Å². The molecule has 7 nitrogen and oxygen atoms in total. The summed E-state index contributed by atoms with van der Waals surface area (Å²) < 4.78 is 39.9. The van der Waals surface area contributed by atoms with E-state index in [0.29, 0.717) is 32.8 Å². The van der Waals surface area contributed by atoms with E-state index in [0.717, 1.165) is 16.7 Å². The van der Waals surface area contributed by atoms with Crippen molar-refractivity contribution >= 4 is 18.7 Å². The SMILES string of the molecule is CO[C@H]1O[C@H]([C@H](O)CCO[Si](c2ccccc2)(c2ccccc2)C(C)(C)C)[C@@H](OCc2ccccc2)[C@H](OCc2ccccc2)[C@H]1OCc1ccccc1. The van der Waals surface area contributed by atoms with E-state index in [1.807, 2.05) is 103 Å². The molecule has 0 amide bonds. The van der Waals surface area contributed by atoms with Crippen LogP contribution in [0.15, 0.2) is 152 Å². The van der Waals surface area contributed by atoms with Crippen LogP contribution >= 0.6 is 0 Å². The van der Waals surface area contributed by atoms with Gasteiger partial charge in [-0.05, 0) is 38.5 Å². The molecule has 8 heteroatoms. The molecular formula is C46H54O7Si. The lowest BCUT2D eigenvalue weighted by atomic mass is 9.93. The summed E-state index contributed by atoms with van der Waals surface area (Å²) in [6.07, 6.45) is -4.31. The lowest BCUT2D eigenvalue weighted by molar-refractivity contribution is -0.329. The number of hydrogen-bond donors (Lipinski definition) is 1. The van der Waals surface area contributed by atoms with Crippen LogP contribution < -0.4 is 10.4 Å². The maximum Gasteiger partial charge on any atom is 0.261 e. The van der Waals surface area contributed by atoms with Gasteiger partial charge in [0, 0.05) is 13.7 Å². The summed E-state index contributed by atoms with van der Waals surface area (Å²) in [4.78, 5) is 0. The molecule has 1 N–H and O–H groups in total. The van der Waals surface area contributed by atoms with Crippen LogP contribution in [0, 0.1) is 0 Å². The Morgan fingerprint density at radius 2 is 0.963 bits per heavy atom. The predicted molar refractivity (Wildman–Crippen MR) is 215 cm³/mol. The zero-order chi connectivity index (χ0) is 37.8. The van der Waals surface area contributed by atoms with Gasteiger partial charge in [-0.15, -0.1) is 0 Å². The summed E-state index contributed by atoms with van der Waals surface area (Å²) in [6.45, 7) is 8.00. The second-order valence-corrected chi connectivity index (χ2v) is 19.2. The molecule has 1 fully saturated rings. The van der Waals surface area contributed by atoms with Gasteiger partial charge in [-0.1, -0.05) is 172 Å². The highest BCUT2D eigenvalue weighted by Gasteiger charge is 2.52. The molecule has 284 valence electrons. The quantitative estimate of drug-likeness (QED) is 0.0993. The number of benzene rings is 5. The number of hydrogen-bond acceptors (Lipinski definition) is 7. The first-order chi connectivity index (χ1) is 26.3. The average Bonchev–Trinajstić information content (AvgIpc) is 3.21. The van der Waals surface area contributed by atoms with Gasteiger partial charge in [-0.25, -0.2) is 0 Å². The fourth-order valence-corrected chi connectivity index (χ4v) is 12.0. The van der Waals surface area contributed by atoms with E-state index in [2.05, 4.69) is 69.3 Å². The largest absolute Gasteiger partial charge is 0.407 e. The number of aliphatic hydroxyl groups is 1. The van der Waals surface area contributed by atoms with Crippen LogP contribution in [-0.2, 0) is 47.9 Å². The van der Waals surface area contributed by atoms with Gasteiger partial charge in [0.05, 0.1) is 25.9 Å². The molecule has 5 aromatic carbocycles. The standard InChI is InChI=1S/C46H54O7Si/c1-46(2,3)54(38-26-16-8-17-27-38,39-28-18-9-19-29-39)52-31-30-40(47)41-42(49-32-35-20-10-5-11-21-35)43(50-33-36-22-12-6-13-23-36)44(45(48-4)53-41)51-34-37-24-14-7-15-25-37/h5-29,40-45,47H,30-34H2,1-4H3/t40-,41-,42-,43+,44-,45+/m1/s1. The van der Waals surface area contributed by atoms with Crippen LogP contribution in [0.5, 0.6) is 0 Å². The fraction of sp³-hybridized carbons (Fsp3) is 0.348. The van der Waals surface area contributed by atoms with Crippen molar-refractivity contribution < 1.29 is 33.2 Å². The van der Waals surface area contributed by atoms with E-state index in [4.69, 9.17) is 28.1 Å². The highest BCUT2D eigenvalue weighted by Crippen LogP contribution is 2.38. The van der Waals surface area contributed by atoms with Crippen LogP contribution in [0.3, 0.4) is 0 Å². The lowest BCUT2D eigenvalue weighted by Crippen LogP contribution is -2.67. The Balaban J connectivity index is 1.30. The predicted octanol–water partition coefficient (Wildman–Crippen LogP) is 7.44. The molecule has 0 bridgehead atoms. The summed E-state index contributed by atoms with van der Waals surface area (Å²) >= 11 is 0. The molecule has 1 aliphatic rings. The minimum absolute atomic E-state index is 0.204. The number of methoxy groups -OCH3 is 1. The van der Waals surface area contributed by atoms with Gasteiger partial charge in [-0.2, -0.15) is 0 Å². The maximum atomic E-state index is 12.2. The molecule has 0 radical (unpaired) electrons. The smallest absolute Gasteiger partial charge is 0.261 e. The minimum Gasteiger partial charge on any atom is -0.407 e. The Morgan fingerprint density at radius 3 is 1.37 bits per heavy atom. The van der Waals surface area contributed by atoms with E-state index in [1.54, 1.807) is 7.11 Å². The van der Waals surface area contributed by atoms with Crippen molar-refractivity contribution in [2.24, 2.45) is 0 Å². The van der Waals surface area contributed by atoms with Gasteiger partial charge in [0.1, 0.15) is 24.4 Å². The normalized spacial score (nSPS) is 21.1. The van der Waals surface area contributed by atoms with Crippen molar-refractivity contribution in [2.75, 3.05) is 13.7 Å². The van der Waals surface area contributed by atoms with Crippen LogP contribution in [-0.4, -0.2) is 64.0 Å². The molecule has 6 rings (SSSR count). The highest BCUT2D eigenvalue weighted by atomic mass is 28.4. The van der Waals surface area contributed by atoms with Gasteiger partial charge in [0.15, 0.2) is 6.29 Å². The van der Waals surface area contributed by atoms with Crippen LogP contribution in [0.2, 0.25) is 5.04 Å². The topological polar surface area (TPSA) is 75.6 Å². The summed E-state index contributed by atoms with van der Waals surface area (Å²) in [5.74, 6) is 0. The van der Waals surface area contributed by atoms with Gasteiger partial charge >= 0.3 is 0 Å². The fourth-order valence-electron chi connectivity index (χ4n) is 7.45. The van der Waals surface area contributed by atoms with Crippen molar-refractivity contribution in [3.8, 4) is 0 Å². The van der Waals surface area contributed by atoms with E-state index < -0.39 is 45.1 Å². The second-order valence-electron chi connectivity index (χ2n) is 14.9. The van der Waals surface area contributed by atoms with Crippen LogP contribution in [0.4, 0.5) is 0 Å². The Kier molecular flexibility index (Phi) is 14.0. The molecular weight excluding hydrogens is 693 g/mol. The Hall–Kier alpha value is -3.96. The Labute approximate surface area is 321 Å². The van der Waals surface area contributed by atoms with Gasteiger partial charge in [-0.3, -0.25) is 0 Å². The van der Waals surface area contributed by atoms with E-state index in [1.165, 1.54) is 10.4 Å². The zero-order valence-electron chi connectivity index (χ0n) is 31.8. The molecule has 1 saturated heterocycles. The molecule has 0 aliphatic carbocycles. The Morgan fingerprint density at radius 1 is 0.574 bits per heavy atom. The first kappa shape index (κ1) is 39.7. The van der Waals surface area contributed by atoms with Crippen molar-refractivity contribution in [3.63, 3.8) is 0 Å². The van der Waals surface area contributed by atoms with Gasteiger partial charge in [0.2, 0.25) is 0 Å². The van der Waals surface area contributed by atoms with Crippen molar-refractivity contribution in [3.05, 3.63) is 168 Å². The molecule has 6 atom stereocenters. The number of aliphatic hydroxyl groups excluding tert-OH is 1. The third-order valence-electron chi connectivity index (χ3n) is 10.1. The van der Waals surface area contributed by atoms with Crippen molar-refractivity contribution in [2.45, 2.75) is 88.9 Å². The van der Waals surface area contributed by atoms with Crippen molar-refractivity contribution in [1.82, 2.24) is 0 Å². The molecule has 5 aromatic rings. The first-order valence-corrected chi connectivity index (χ1v) is 20.8. The van der Waals surface area contributed by atoms with Crippen LogP contribution in [0.25, 0.3) is 0 Å². The average molecular weight is 747 g/mol. The third-order valence-corrected chi connectivity index (χ3v) is 15.2. The Bertz CT molecular complexity index is 1750. The molecule has 0 unspecified atom stereocenters. The van der Waals surface area contributed by atoms with Crippen molar-refractivity contribution in [1.29, 1.82) is 0 Å². The summed E-state index contributed by atoms with van der Waals surface area (Å²) in [5.41, 5.74) is 3.02. The summed E-state index contributed by atoms with van der Waals surface area (Å²) in [5, 5.41) is 14.3. The summed E-state index contributed by atoms with van der Waals surface area (Å²) in [7, 11) is -1.24. The monoisotopic (exact) mass is 746 g/mol. The highest BCUT2D eigenvalue weighted by molar-refractivity contribution is 6.99. The van der Waals surface area contributed by atoms with E-state index in [9.17, 15) is 5.11 Å². The minimum atomic E-state index is -2.83. The third kappa shape index (κ3) is 9.63. The second kappa shape index (κ2) is 19.1.